The first-order valence-corrected chi connectivity index (χ1v) is 6.99. The molecule has 104 valence electrons. The van der Waals surface area contributed by atoms with E-state index in [2.05, 4.69) is 18.2 Å². The first kappa shape index (κ1) is 13.1. The molecular weight excluding hydrogens is 252 g/mol. The van der Waals surface area contributed by atoms with Crippen LogP contribution in [0.2, 0.25) is 0 Å². The van der Waals surface area contributed by atoms with Gasteiger partial charge in [0, 0.05) is 25.5 Å². The van der Waals surface area contributed by atoms with Gasteiger partial charge in [-0.3, -0.25) is 4.79 Å². The largest absolute Gasteiger partial charge is 0.450 e. The highest BCUT2D eigenvalue weighted by molar-refractivity contribution is 5.87. The van der Waals surface area contributed by atoms with Crippen LogP contribution >= 0.6 is 0 Å². The number of carbonyl (C=O) groups excluding carboxylic acids is 1. The third-order valence-electron chi connectivity index (χ3n) is 4.09. The van der Waals surface area contributed by atoms with Gasteiger partial charge in [0.05, 0.1) is 0 Å². The molecule has 0 saturated carbocycles. The van der Waals surface area contributed by atoms with Crippen LogP contribution in [0.5, 0.6) is 0 Å². The maximum absolute atomic E-state index is 11.6. The second kappa shape index (κ2) is 4.91. The Bertz CT molecular complexity index is 612. The Kier molecular flexibility index (Phi) is 3.22. The molecule has 1 atom stereocenters. The fraction of sp³-hybridized carbons (Fsp3) is 0.353. The van der Waals surface area contributed by atoms with Crippen LogP contribution in [0.3, 0.4) is 0 Å². The fourth-order valence-corrected chi connectivity index (χ4v) is 3.42. The van der Waals surface area contributed by atoms with Gasteiger partial charge in [-0.25, -0.2) is 0 Å². The monoisotopic (exact) mass is 270 g/mol. The van der Waals surface area contributed by atoms with Crippen LogP contribution in [0.25, 0.3) is 5.57 Å². The molecular formula is C17H18O3. The normalized spacial score (nSPS) is 23.5. The fourth-order valence-electron chi connectivity index (χ4n) is 3.42. The van der Waals surface area contributed by atoms with Gasteiger partial charge in [-0.1, -0.05) is 36.4 Å². The molecule has 2 aliphatic carbocycles. The van der Waals surface area contributed by atoms with Crippen LogP contribution in [0, 0.1) is 0 Å². The number of allylic oxidation sites excluding steroid dienone is 3. The maximum Gasteiger partial charge on any atom is 0.303 e. The highest BCUT2D eigenvalue weighted by Gasteiger charge is 2.46. The van der Waals surface area contributed by atoms with E-state index in [1.165, 1.54) is 6.92 Å². The predicted octanol–water partition coefficient (Wildman–Crippen LogP) is 2.94. The SMILES string of the molecule is CC(=O)OC1(CCO)C2=C(C=CCC2)c2ccccc21. The van der Waals surface area contributed by atoms with Gasteiger partial charge in [0.2, 0.25) is 0 Å². The van der Waals surface area contributed by atoms with E-state index in [9.17, 15) is 9.90 Å². The van der Waals surface area contributed by atoms with Crippen molar-refractivity contribution < 1.29 is 14.6 Å². The lowest BCUT2D eigenvalue weighted by atomic mass is 9.83. The van der Waals surface area contributed by atoms with E-state index in [0.717, 1.165) is 35.1 Å². The lowest BCUT2D eigenvalue weighted by Crippen LogP contribution is -2.33. The van der Waals surface area contributed by atoms with E-state index < -0.39 is 5.60 Å². The summed E-state index contributed by atoms with van der Waals surface area (Å²) in [5.41, 5.74) is 3.62. The average molecular weight is 270 g/mol. The number of fused-ring (bicyclic) bond motifs is 2. The van der Waals surface area contributed by atoms with Crippen LogP contribution in [0.15, 0.2) is 42.0 Å². The number of hydrogen-bond acceptors (Lipinski definition) is 3. The Labute approximate surface area is 118 Å². The molecule has 0 bridgehead atoms. The molecule has 0 amide bonds. The van der Waals surface area contributed by atoms with E-state index in [-0.39, 0.29) is 12.6 Å². The van der Waals surface area contributed by atoms with Crippen molar-refractivity contribution in [1.82, 2.24) is 0 Å². The molecule has 1 aromatic carbocycles. The first-order valence-electron chi connectivity index (χ1n) is 6.99. The summed E-state index contributed by atoms with van der Waals surface area (Å²) in [5, 5.41) is 9.49. The Balaban J connectivity index is 2.23. The molecule has 1 unspecified atom stereocenters. The van der Waals surface area contributed by atoms with Crippen molar-refractivity contribution in [1.29, 1.82) is 0 Å². The number of carbonyl (C=O) groups is 1. The van der Waals surface area contributed by atoms with Gasteiger partial charge in [0.1, 0.15) is 0 Å². The summed E-state index contributed by atoms with van der Waals surface area (Å²) in [4.78, 5) is 11.6. The summed E-state index contributed by atoms with van der Waals surface area (Å²) in [6, 6.07) is 8.01. The summed E-state index contributed by atoms with van der Waals surface area (Å²) >= 11 is 0. The molecule has 2 aliphatic rings. The first-order chi connectivity index (χ1) is 9.69. The molecule has 1 N–H and O–H groups in total. The molecule has 0 aromatic heterocycles. The summed E-state index contributed by atoms with van der Waals surface area (Å²) in [6.07, 6.45) is 6.49. The van der Waals surface area contributed by atoms with E-state index in [1.807, 2.05) is 18.2 Å². The highest BCUT2D eigenvalue weighted by Crippen LogP contribution is 2.52. The van der Waals surface area contributed by atoms with E-state index in [0.29, 0.717) is 6.42 Å². The van der Waals surface area contributed by atoms with Crippen molar-refractivity contribution in [2.24, 2.45) is 0 Å². The molecule has 0 spiro atoms. The molecule has 20 heavy (non-hydrogen) atoms. The molecule has 0 aliphatic heterocycles. The second-order valence-electron chi connectivity index (χ2n) is 5.27. The van der Waals surface area contributed by atoms with Gasteiger partial charge in [-0.2, -0.15) is 0 Å². The molecule has 3 rings (SSSR count). The van der Waals surface area contributed by atoms with Crippen molar-refractivity contribution in [3.63, 3.8) is 0 Å². The smallest absolute Gasteiger partial charge is 0.303 e. The van der Waals surface area contributed by atoms with Crippen LogP contribution in [0.4, 0.5) is 0 Å². The van der Waals surface area contributed by atoms with E-state index >= 15 is 0 Å². The number of hydrogen-bond donors (Lipinski definition) is 1. The van der Waals surface area contributed by atoms with E-state index in [4.69, 9.17) is 4.74 Å². The topological polar surface area (TPSA) is 46.5 Å². The number of aliphatic hydroxyl groups is 1. The van der Waals surface area contributed by atoms with Crippen LogP contribution < -0.4 is 0 Å². The number of ether oxygens (including phenoxy) is 1. The molecule has 0 fully saturated rings. The van der Waals surface area contributed by atoms with Crippen molar-refractivity contribution in [2.75, 3.05) is 6.61 Å². The molecule has 3 nitrogen and oxygen atoms in total. The van der Waals surface area contributed by atoms with Gasteiger partial charge in [-0.15, -0.1) is 0 Å². The Morgan fingerprint density at radius 1 is 1.40 bits per heavy atom. The van der Waals surface area contributed by atoms with Crippen molar-refractivity contribution in [3.8, 4) is 0 Å². The summed E-state index contributed by atoms with van der Waals surface area (Å²) in [5.74, 6) is -0.309. The van der Waals surface area contributed by atoms with E-state index in [1.54, 1.807) is 0 Å². The zero-order chi connectivity index (χ0) is 14.2. The lowest BCUT2D eigenvalue weighted by molar-refractivity contribution is -0.155. The Morgan fingerprint density at radius 2 is 2.20 bits per heavy atom. The number of rotatable bonds is 3. The Hall–Kier alpha value is -1.87. The summed E-state index contributed by atoms with van der Waals surface area (Å²) in [6.45, 7) is 1.42. The molecule has 0 radical (unpaired) electrons. The minimum absolute atomic E-state index is 0.0118. The quantitative estimate of drug-likeness (QED) is 0.859. The van der Waals surface area contributed by atoms with Crippen LogP contribution in [0.1, 0.15) is 37.3 Å². The molecule has 0 saturated heterocycles. The van der Waals surface area contributed by atoms with Gasteiger partial charge >= 0.3 is 5.97 Å². The zero-order valence-electron chi connectivity index (χ0n) is 11.6. The highest BCUT2D eigenvalue weighted by atomic mass is 16.6. The second-order valence-corrected chi connectivity index (χ2v) is 5.27. The van der Waals surface area contributed by atoms with Gasteiger partial charge in [0.25, 0.3) is 0 Å². The van der Waals surface area contributed by atoms with Gasteiger partial charge < -0.3 is 9.84 Å². The minimum Gasteiger partial charge on any atom is -0.450 e. The zero-order valence-corrected chi connectivity index (χ0v) is 11.6. The average Bonchev–Trinajstić information content (AvgIpc) is 2.71. The van der Waals surface area contributed by atoms with Crippen LogP contribution in [-0.4, -0.2) is 17.7 Å². The van der Waals surface area contributed by atoms with Crippen LogP contribution in [-0.2, 0) is 15.1 Å². The molecule has 0 heterocycles. The number of esters is 1. The third kappa shape index (κ3) is 1.81. The van der Waals surface area contributed by atoms with Gasteiger partial charge in [-0.05, 0) is 29.6 Å². The minimum atomic E-state index is -0.780. The van der Waals surface area contributed by atoms with Crippen molar-refractivity contribution >= 4 is 11.5 Å². The maximum atomic E-state index is 11.6. The van der Waals surface area contributed by atoms with Crippen molar-refractivity contribution in [2.45, 2.75) is 31.8 Å². The van der Waals surface area contributed by atoms with Crippen molar-refractivity contribution in [3.05, 3.63) is 53.1 Å². The standard InChI is InChI=1S/C17H18O3/c1-12(19)20-17(10-11-18)15-8-4-2-6-13(15)14-7-3-5-9-16(14)17/h2-4,6-8,18H,5,9-11H2,1H3. The summed E-state index contributed by atoms with van der Waals surface area (Å²) in [7, 11) is 0. The van der Waals surface area contributed by atoms with Gasteiger partial charge in [0.15, 0.2) is 5.60 Å². The lowest BCUT2D eigenvalue weighted by Gasteiger charge is -2.33. The number of aliphatic hydroxyl groups excluding tert-OH is 1. The third-order valence-corrected chi connectivity index (χ3v) is 4.09. The molecule has 1 aromatic rings. The Morgan fingerprint density at radius 3 is 2.95 bits per heavy atom. The summed E-state index contributed by atoms with van der Waals surface area (Å²) < 4.78 is 5.74. The number of benzene rings is 1. The molecule has 3 heteroatoms. The predicted molar refractivity (Wildman–Crippen MR) is 76.9 cm³/mol.